The second-order valence-corrected chi connectivity index (χ2v) is 4.39. The number of hydrogen-bond donors (Lipinski definition) is 3. The summed E-state index contributed by atoms with van der Waals surface area (Å²) in [6, 6.07) is -0.173. The SMILES string of the molecule is COCC(O)CNC(C)c1c(C)nc(C)[nH]c1=O. The van der Waals surface area contributed by atoms with Crippen LogP contribution in [0, 0.1) is 13.8 Å². The van der Waals surface area contributed by atoms with E-state index in [9.17, 15) is 9.90 Å². The van der Waals surface area contributed by atoms with E-state index in [1.54, 1.807) is 13.8 Å². The molecule has 2 atom stereocenters. The Hall–Kier alpha value is -1.24. The topological polar surface area (TPSA) is 87.2 Å². The van der Waals surface area contributed by atoms with Crippen molar-refractivity contribution < 1.29 is 9.84 Å². The fraction of sp³-hybridized carbons (Fsp3) is 0.667. The van der Waals surface area contributed by atoms with Gasteiger partial charge in [-0.05, 0) is 20.8 Å². The highest BCUT2D eigenvalue weighted by atomic mass is 16.5. The lowest BCUT2D eigenvalue weighted by Crippen LogP contribution is -2.34. The van der Waals surface area contributed by atoms with Crippen LogP contribution in [0.15, 0.2) is 4.79 Å². The van der Waals surface area contributed by atoms with E-state index in [1.807, 2.05) is 6.92 Å². The quantitative estimate of drug-likeness (QED) is 0.668. The molecule has 0 bridgehead atoms. The van der Waals surface area contributed by atoms with E-state index in [0.29, 0.717) is 23.6 Å². The number of aliphatic hydroxyl groups is 1. The van der Waals surface area contributed by atoms with Crippen molar-refractivity contribution in [2.45, 2.75) is 32.9 Å². The van der Waals surface area contributed by atoms with Crippen molar-refractivity contribution in [2.24, 2.45) is 0 Å². The lowest BCUT2D eigenvalue weighted by Gasteiger charge is -2.17. The molecule has 6 heteroatoms. The number of rotatable bonds is 6. The molecule has 0 aliphatic carbocycles. The van der Waals surface area contributed by atoms with Gasteiger partial charge in [0.1, 0.15) is 5.82 Å². The number of nitrogens with one attached hydrogen (secondary N) is 2. The molecule has 1 aromatic rings. The van der Waals surface area contributed by atoms with Crippen LogP contribution in [0.1, 0.15) is 30.0 Å². The number of H-pyrrole nitrogens is 1. The first-order valence-electron chi connectivity index (χ1n) is 5.93. The van der Waals surface area contributed by atoms with Gasteiger partial charge in [-0.1, -0.05) is 0 Å². The standard InChI is InChI=1S/C12H21N3O3/c1-7(13-5-10(16)6-18-4)11-8(2)14-9(3)15-12(11)17/h7,10,13,16H,5-6H2,1-4H3,(H,14,15,17). The number of ether oxygens (including phenoxy) is 1. The van der Waals surface area contributed by atoms with E-state index in [4.69, 9.17) is 4.74 Å². The lowest BCUT2D eigenvalue weighted by molar-refractivity contribution is 0.0630. The summed E-state index contributed by atoms with van der Waals surface area (Å²) in [5, 5.41) is 12.6. The van der Waals surface area contributed by atoms with Crippen molar-refractivity contribution in [1.29, 1.82) is 0 Å². The Morgan fingerprint density at radius 3 is 2.72 bits per heavy atom. The predicted octanol–water partition coefficient (Wildman–Crippen LogP) is 0.0446. The average molecular weight is 255 g/mol. The number of aliphatic hydroxyl groups excluding tert-OH is 1. The van der Waals surface area contributed by atoms with E-state index < -0.39 is 6.10 Å². The third-order valence-electron chi connectivity index (χ3n) is 2.72. The Balaban J connectivity index is 2.73. The molecule has 18 heavy (non-hydrogen) atoms. The number of nitrogens with zero attached hydrogens (tertiary/aromatic N) is 1. The molecule has 3 N–H and O–H groups in total. The van der Waals surface area contributed by atoms with Crippen LogP contribution in [0.25, 0.3) is 0 Å². The summed E-state index contributed by atoms with van der Waals surface area (Å²) in [4.78, 5) is 18.8. The second kappa shape index (κ2) is 6.63. The molecule has 0 aliphatic rings. The normalized spacial score (nSPS) is 14.5. The van der Waals surface area contributed by atoms with Crippen molar-refractivity contribution >= 4 is 0 Å². The third-order valence-corrected chi connectivity index (χ3v) is 2.72. The molecule has 0 saturated heterocycles. The van der Waals surface area contributed by atoms with Gasteiger partial charge < -0.3 is 20.1 Å². The van der Waals surface area contributed by atoms with Gasteiger partial charge in [0.25, 0.3) is 5.56 Å². The Morgan fingerprint density at radius 2 is 2.17 bits per heavy atom. The molecule has 0 aliphatic heterocycles. The van der Waals surface area contributed by atoms with Gasteiger partial charge in [-0.25, -0.2) is 4.98 Å². The van der Waals surface area contributed by atoms with E-state index in [-0.39, 0.29) is 18.2 Å². The van der Waals surface area contributed by atoms with Crippen LogP contribution in [0.4, 0.5) is 0 Å². The number of hydrogen-bond acceptors (Lipinski definition) is 5. The first-order chi connectivity index (χ1) is 8.45. The maximum absolute atomic E-state index is 11.8. The highest BCUT2D eigenvalue weighted by Crippen LogP contribution is 2.10. The first kappa shape index (κ1) is 14.8. The Morgan fingerprint density at radius 1 is 1.50 bits per heavy atom. The average Bonchev–Trinajstić information content (AvgIpc) is 2.25. The summed E-state index contributed by atoms with van der Waals surface area (Å²) in [5.41, 5.74) is 1.17. The van der Waals surface area contributed by atoms with E-state index in [0.717, 1.165) is 0 Å². The summed E-state index contributed by atoms with van der Waals surface area (Å²) in [6.07, 6.45) is -0.588. The molecule has 6 nitrogen and oxygen atoms in total. The molecule has 2 unspecified atom stereocenters. The molecule has 102 valence electrons. The van der Waals surface area contributed by atoms with Crippen LogP contribution < -0.4 is 10.9 Å². The number of aromatic nitrogens is 2. The van der Waals surface area contributed by atoms with Gasteiger partial charge >= 0.3 is 0 Å². The van der Waals surface area contributed by atoms with Crippen LogP contribution >= 0.6 is 0 Å². The van der Waals surface area contributed by atoms with Crippen molar-refractivity contribution in [3.05, 3.63) is 27.4 Å². The van der Waals surface area contributed by atoms with Crippen molar-refractivity contribution in [3.8, 4) is 0 Å². The van der Waals surface area contributed by atoms with Crippen molar-refractivity contribution in [3.63, 3.8) is 0 Å². The number of aromatic amines is 1. The molecular weight excluding hydrogens is 234 g/mol. The second-order valence-electron chi connectivity index (χ2n) is 4.39. The largest absolute Gasteiger partial charge is 0.389 e. The van der Waals surface area contributed by atoms with Crippen LogP contribution in [-0.2, 0) is 4.74 Å². The molecule has 0 saturated carbocycles. The van der Waals surface area contributed by atoms with E-state index >= 15 is 0 Å². The van der Waals surface area contributed by atoms with Crippen LogP contribution in [0.5, 0.6) is 0 Å². The summed E-state index contributed by atoms with van der Waals surface area (Å²) < 4.78 is 4.83. The van der Waals surface area contributed by atoms with Crippen LogP contribution in [0.2, 0.25) is 0 Å². The molecule has 0 radical (unpaired) electrons. The zero-order chi connectivity index (χ0) is 13.7. The Bertz CT molecular complexity index is 445. The summed E-state index contributed by atoms with van der Waals surface area (Å²) in [7, 11) is 1.53. The van der Waals surface area contributed by atoms with Gasteiger partial charge in [-0.3, -0.25) is 4.79 Å². The molecule has 0 amide bonds. The minimum atomic E-state index is -0.588. The van der Waals surface area contributed by atoms with Gasteiger partial charge in [0.2, 0.25) is 0 Å². The van der Waals surface area contributed by atoms with E-state index in [2.05, 4.69) is 15.3 Å². The van der Waals surface area contributed by atoms with Gasteiger partial charge in [-0.15, -0.1) is 0 Å². The first-order valence-corrected chi connectivity index (χ1v) is 5.93. The molecule has 1 rings (SSSR count). The van der Waals surface area contributed by atoms with Crippen LogP contribution in [-0.4, -0.2) is 41.4 Å². The maximum Gasteiger partial charge on any atom is 0.255 e. The predicted molar refractivity (Wildman–Crippen MR) is 68.6 cm³/mol. The smallest absolute Gasteiger partial charge is 0.255 e. The molecule has 1 aromatic heterocycles. The zero-order valence-corrected chi connectivity index (χ0v) is 11.3. The lowest BCUT2D eigenvalue weighted by atomic mass is 10.1. The number of aryl methyl sites for hydroxylation is 2. The summed E-state index contributed by atoms with van der Waals surface area (Å²) in [5.74, 6) is 0.605. The highest BCUT2D eigenvalue weighted by molar-refractivity contribution is 5.19. The summed E-state index contributed by atoms with van der Waals surface area (Å²) >= 11 is 0. The Labute approximate surface area is 106 Å². The van der Waals surface area contributed by atoms with Gasteiger partial charge in [0, 0.05) is 25.4 Å². The third kappa shape index (κ3) is 3.90. The van der Waals surface area contributed by atoms with Crippen LogP contribution in [0.3, 0.4) is 0 Å². The fourth-order valence-corrected chi connectivity index (χ4v) is 1.91. The maximum atomic E-state index is 11.8. The van der Waals surface area contributed by atoms with Crippen molar-refractivity contribution in [1.82, 2.24) is 15.3 Å². The highest BCUT2D eigenvalue weighted by Gasteiger charge is 2.15. The Kier molecular flexibility index (Phi) is 5.46. The van der Waals surface area contributed by atoms with E-state index in [1.165, 1.54) is 7.11 Å². The number of methoxy groups -OCH3 is 1. The van der Waals surface area contributed by atoms with Gasteiger partial charge in [0.05, 0.1) is 18.3 Å². The zero-order valence-electron chi connectivity index (χ0n) is 11.3. The molecular formula is C12H21N3O3. The fourth-order valence-electron chi connectivity index (χ4n) is 1.91. The molecule has 0 fully saturated rings. The molecule has 0 spiro atoms. The van der Waals surface area contributed by atoms with Crippen molar-refractivity contribution in [2.75, 3.05) is 20.3 Å². The summed E-state index contributed by atoms with van der Waals surface area (Å²) in [6.45, 7) is 6.05. The minimum absolute atomic E-state index is 0.138. The minimum Gasteiger partial charge on any atom is -0.389 e. The molecule has 1 heterocycles. The van der Waals surface area contributed by atoms with Gasteiger partial charge in [0.15, 0.2) is 0 Å². The molecule has 0 aromatic carbocycles. The monoisotopic (exact) mass is 255 g/mol. The van der Waals surface area contributed by atoms with Gasteiger partial charge in [-0.2, -0.15) is 0 Å².